The fourth-order valence-electron chi connectivity index (χ4n) is 2.14. The van der Waals surface area contributed by atoms with Crippen molar-refractivity contribution in [2.45, 2.75) is 19.9 Å². The summed E-state index contributed by atoms with van der Waals surface area (Å²) in [5.74, 6) is 0.893. The molecule has 1 aromatic carbocycles. The van der Waals surface area contributed by atoms with E-state index in [2.05, 4.69) is 61.2 Å². The Balaban J connectivity index is 1.87. The van der Waals surface area contributed by atoms with Crippen molar-refractivity contribution in [2.75, 3.05) is 20.6 Å². The Hall–Kier alpha value is -1.40. The Morgan fingerprint density at radius 2 is 2.18 bits per heavy atom. The first kappa shape index (κ1) is 17.0. The van der Waals surface area contributed by atoms with Crippen molar-refractivity contribution in [3.05, 3.63) is 50.4 Å². The lowest BCUT2D eigenvalue weighted by Gasteiger charge is -2.22. The third kappa shape index (κ3) is 4.81. The second-order valence-electron chi connectivity index (χ2n) is 5.04. The van der Waals surface area contributed by atoms with Crippen LogP contribution < -0.4 is 5.32 Å². The molecule has 0 bridgehead atoms. The van der Waals surface area contributed by atoms with E-state index in [9.17, 15) is 0 Å². The number of hydrogen-bond donors (Lipinski definition) is 1. The number of aryl methyl sites for hydroxylation is 1. The fourth-order valence-corrected chi connectivity index (χ4v) is 3.34. The molecule has 2 aromatic rings. The van der Waals surface area contributed by atoms with E-state index in [0.717, 1.165) is 35.0 Å². The molecule has 0 spiro atoms. The van der Waals surface area contributed by atoms with Gasteiger partial charge in [-0.05, 0) is 18.6 Å². The smallest absolute Gasteiger partial charge is 0.193 e. The van der Waals surface area contributed by atoms with Gasteiger partial charge in [0.2, 0.25) is 0 Å². The lowest BCUT2D eigenvalue weighted by atomic mass is 10.2. The molecule has 0 atom stereocenters. The van der Waals surface area contributed by atoms with E-state index >= 15 is 0 Å². The zero-order valence-corrected chi connectivity index (χ0v) is 15.5. The maximum atomic E-state index is 4.38. The van der Waals surface area contributed by atoms with Crippen molar-refractivity contribution < 1.29 is 0 Å². The first-order chi connectivity index (χ1) is 10.6. The van der Waals surface area contributed by atoms with E-state index in [1.807, 2.05) is 26.4 Å². The van der Waals surface area contributed by atoms with Gasteiger partial charge in [-0.2, -0.15) is 0 Å². The van der Waals surface area contributed by atoms with Crippen molar-refractivity contribution in [3.8, 4) is 0 Å². The van der Waals surface area contributed by atoms with Crippen LogP contribution in [0.15, 0.2) is 39.9 Å². The molecule has 0 saturated carbocycles. The molecule has 0 radical (unpaired) electrons. The average molecular weight is 381 g/mol. The van der Waals surface area contributed by atoms with Crippen molar-refractivity contribution in [1.82, 2.24) is 15.2 Å². The number of guanidine groups is 1. The standard InChI is InChI=1S/C16H21BrN4S/c1-12-10-20-15(22-12)8-9-19-16(18-2)21(3)11-13-6-4-5-7-14(13)17/h4-7,10H,8-9,11H2,1-3H3,(H,18,19). The molecule has 0 fully saturated rings. The predicted molar refractivity (Wildman–Crippen MR) is 97.5 cm³/mol. The molecule has 118 valence electrons. The largest absolute Gasteiger partial charge is 0.356 e. The van der Waals surface area contributed by atoms with Gasteiger partial charge in [-0.25, -0.2) is 4.98 Å². The van der Waals surface area contributed by atoms with Crippen LogP contribution in [0.2, 0.25) is 0 Å². The molecule has 0 saturated heterocycles. The summed E-state index contributed by atoms with van der Waals surface area (Å²) < 4.78 is 1.12. The number of nitrogens with zero attached hydrogens (tertiary/aromatic N) is 3. The molecule has 0 aliphatic carbocycles. The monoisotopic (exact) mass is 380 g/mol. The SMILES string of the molecule is CN=C(NCCc1ncc(C)s1)N(C)Cc1ccccc1Br. The predicted octanol–water partition coefficient (Wildman–Crippen LogP) is 3.46. The number of hydrogen-bond acceptors (Lipinski definition) is 3. The summed E-state index contributed by atoms with van der Waals surface area (Å²) >= 11 is 5.34. The molecule has 0 unspecified atom stereocenters. The molecular formula is C16H21BrN4S. The summed E-state index contributed by atoms with van der Waals surface area (Å²) in [7, 11) is 3.86. The number of benzene rings is 1. The van der Waals surface area contributed by atoms with Crippen LogP contribution in [0.3, 0.4) is 0 Å². The minimum absolute atomic E-state index is 0.803. The molecule has 0 aliphatic rings. The maximum Gasteiger partial charge on any atom is 0.193 e. The molecular weight excluding hydrogens is 360 g/mol. The highest BCUT2D eigenvalue weighted by molar-refractivity contribution is 9.10. The molecule has 1 N–H and O–H groups in total. The van der Waals surface area contributed by atoms with Crippen LogP contribution >= 0.6 is 27.3 Å². The fraction of sp³-hybridized carbons (Fsp3) is 0.375. The van der Waals surface area contributed by atoms with Gasteiger partial charge in [0, 0.05) is 49.2 Å². The first-order valence-electron chi connectivity index (χ1n) is 7.16. The molecule has 4 nitrogen and oxygen atoms in total. The van der Waals surface area contributed by atoms with Gasteiger partial charge < -0.3 is 10.2 Å². The van der Waals surface area contributed by atoms with Crippen LogP contribution in [0.4, 0.5) is 0 Å². The molecule has 1 heterocycles. The van der Waals surface area contributed by atoms with Crippen LogP contribution in [0.25, 0.3) is 0 Å². The number of thiazole rings is 1. The lowest BCUT2D eigenvalue weighted by Crippen LogP contribution is -2.39. The molecule has 2 rings (SSSR count). The number of halogens is 1. The Labute approximate surface area is 144 Å². The van der Waals surface area contributed by atoms with Gasteiger partial charge in [0.05, 0.1) is 5.01 Å². The van der Waals surface area contributed by atoms with Crippen LogP contribution in [0.1, 0.15) is 15.4 Å². The average Bonchev–Trinajstić information content (AvgIpc) is 2.91. The zero-order valence-electron chi connectivity index (χ0n) is 13.1. The molecule has 0 amide bonds. The van der Waals surface area contributed by atoms with Crippen LogP contribution in [0.5, 0.6) is 0 Å². The topological polar surface area (TPSA) is 40.5 Å². The Morgan fingerprint density at radius 1 is 1.41 bits per heavy atom. The van der Waals surface area contributed by atoms with Crippen molar-refractivity contribution in [3.63, 3.8) is 0 Å². The van der Waals surface area contributed by atoms with E-state index in [1.54, 1.807) is 11.3 Å². The van der Waals surface area contributed by atoms with Crippen molar-refractivity contribution in [2.24, 2.45) is 4.99 Å². The highest BCUT2D eigenvalue weighted by Crippen LogP contribution is 2.17. The highest BCUT2D eigenvalue weighted by atomic mass is 79.9. The third-order valence-electron chi connectivity index (χ3n) is 3.23. The van der Waals surface area contributed by atoms with E-state index in [0.29, 0.717) is 0 Å². The summed E-state index contributed by atoms with van der Waals surface area (Å²) in [6, 6.07) is 8.25. The Morgan fingerprint density at radius 3 is 2.82 bits per heavy atom. The highest BCUT2D eigenvalue weighted by Gasteiger charge is 2.08. The van der Waals surface area contributed by atoms with Gasteiger partial charge >= 0.3 is 0 Å². The number of nitrogens with one attached hydrogen (secondary N) is 1. The number of aliphatic imine (C=N–C) groups is 1. The normalized spacial score (nSPS) is 11.5. The molecule has 22 heavy (non-hydrogen) atoms. The van der Waals surface area contributed by atoms with Gasteiger partial charge in [-0.1, -0.05) is 34.1 Å². The van der Waals surface area contributed by atoms with E-state index < -0.39 is 0 Å². The van der Waals surface area contributed by atoms with E-state index in [-0.39, 0.29) is 0 Å². The second kappa shape index (κ2) is 8.29. The van der Waals surface area contributed by atoms with Crippen LogP contribution in [-0.4, -0.2) is 36.5 Å². The third-order valence-corrected chi connectivity index (χ3v) is 4.98. The van der Waals surface area contributed by atoms with Crippen LogP contribution in [0, 0.1) is 6.92 Å². The summed E-state index contributed by atoms with van der Waals surface area (Å²) in [6.45, 7) is 3.72. The summed E-state index contributed by atoms with van der Waals surface area (Å²) in [5.41, 5.74) is 1.24. The second-order valence-corrected chi connectivity index (χ2v) is 7.21. The minimum Gasteiger partial charge on any atom is -0.356 e. The van der Waals surface area contributed by atoms with E-state index in [4.69, 9.17) is 0 Å². The van der Waals surface area contributed by atoms with Crippen molar-refractivity contribution >= 4 is 33.2 Å². The number of aromatic nitrogens is 1. The zero-order chi connectivity index (χ0) is 15.9. The van der Waals surface area contributed by atoms with Crippen molar-refractivity contribution in [1.29, 1.82) is 0 Å². The summed E-state index contributed by atoms with van der Waals surface area (Å²) in [6.07, 6.45) is 2.84. The van der Waals surface area contributed by atoms with Gasteiger partial charge in [-0.3, -0.25) is 4.99 Å². The van der Waals surface area contributed by atoms with Gasteiger partial charge in [-0.15, -0.1) is 11.3 Å². The van der Waals surface area contributed by atoms with Gasteiger partial charge in [0.1, 0.15) is 0 Å². The van der Waals surface area contributed by atoms with E-state index in [1.165, 1.54) is 10.4 Å². The van der Waals surface area contributed by atoms with Gasteiger partial charge in [0.25, 0.3) is 0 Å². The Kier molecular flexibility index (Phi) is 6.39. The Bertz CT molecular complexity index is 639. The number of rotatable bonds is 5. The lowest BCUT2D eigenvalue weighted by molar-refractivity contribution is 0.476. The quantitative estimate of drug-likeness (QED) is 0.637. The first-order valence-corrected chi connectivity index (χ1v) is 8.77. The van der Waals surface area contributed by atoms with Crippen LogP contribution in [-0.2, 0) is 13.0 Å². The minimum atomic E-state index is 0.803. The van der Waals surface area contributed by atoms with Gasteiger partial charge in [0.15, 0.2) is 5.96 Å². The summed E-state index contributed by atoms with van der Waals surface area (Å²) in [5, 5.41) is 4.55. The maximum absolute atomic E-state index is 4.38. The molecule has 0 aliphatic heterocycles. The molecule has 1 aromatic heterocycles. The molecule has 6 heteroatoms. The summed E-state index contributed by atoms with van der Waals surface area (Å²) in [4.78, 5) is 12.1.